The maximum atomic E-state index is 9.47. The maximum absolute atomic E-state index is 9.47. The van der Waals surface area contributed by atoms with Gasteiger partial charge in [-0.25, -0.2) is 15.0 Å². The van der Waals surface area contributed by atoms with Crippen LogP contribution < -0.4 is 0 Å². The summed E-state index contributed by atoms with van der Waals surface area (Å²) in [7, 11) is 0. The molecule has 11 rings (SSSR count). The average Bonchev–Trinajstić information content (AvgIpc) is 4.11. The van der Waals surface area contributed by atoms with Crippen LogP contribution in [0.3, 0.4) is 0 Å². The zero-order valence-corrected chi connectivity index (χ0v) is 28.7. The van der Waals surface area contributed by atoms with Gasteiger partial charge in [-0.15, -0.1) is 0 Å². The lowest BCUT2D eigenvalue weighted by Gasteiger charge is -2.16. The Hall–Kier alpha value is -7.63. The van der Waals surface area contributed by atoms with Crippen LogP contribution in [0.4, 0.5) is 0 Å². The first-order valence-corrected chi connectivity index (χ1v) is 17.2. The fourth-order valence-corrected chi connectivity index (χ4v) is 6.85. The summed E-state index contributed by atoms with van der Waals surface area (Å²) in [6, 6.07) is 9.05. The van der Waals surface area contributed by atoms with Crippen LogP contribution in [0.2, 0.25) is 0 Å². The Bertz CT molecular complexity index is 4190. The molecule has 11 aromatic rings. The van der Waals surface area contributed by atoms with Gasteiger partial charge >= 0.3 is 0 Å². The van der Waals surface area contributed by atoms with E-state index in [-0.39, 0.29) is 78.0 Å². The van der Waals surface area contributed by atoms with E-state index in [9.17, 15) is 5.48 Å². The molecule has 0 N–H and O–H groups in total. The van der Waals surface area contributed by atoms with Gasteiger partial charge in [0, 0.05) is 49.4 Å². The molecule has 5 nitrogen and oxygen atoms in total. The molecule has 0 saturated heterocycles. The van der Waals surface area contributed by atoms with Crippen molar-refractivity contribution in [3.8, 4) is 62.1 Å². The smallest absolute Gasteiger partial charge is 0.166 e. The molecule has 3 aromatic heterocycles. The molecule has 56 heavy (non-hydrogen) atoms. The molecule has 0 bridgehead atoms. The molecule has 0 aliphatic heterocycles. The maximum Gasteiger partial charge on any atom is 0.166 e. The Labute approximate surface area is 349 Å². The summed E-state index contributed by atoms with van der Waals surface area (Å²) in [6.07, 6.45) is 0. The Morgan fingerprint density at radius 1 is 0.393 bits per heavy atom. The van der Waals surface area contributed by atoms with E-state index < -0.39 is 132 Å². The molecule has 0 saturated carbocycles. The molecule has 0 atom stereocenters. The first-order valence-electron chi connectivity index (χ1n) is 26.7. The molecule has 0 aliphatic rings. The number of nitrogens with zero attached hydrogens (tertiary/aromatic N) is 4. The number of hydrogen-bond donors (Lipinski definition) is 0. The summed E-state index contributed by atoms with van der Waals surface area (Å²) in [5, 5.41) is -1.13. The number of aromatic nitrogens is 4. The third-order valence-electron chi connectivity index (χ3n) is 9.36. The minimum atomic E-state index is -0.766. The summed E-state index contributed by atoms with van der Waals surface area (Å²) in [5.74, 6) is 0.370. The molecule has 0 radical (unpaired) electrons. The van der Waals surface area contributed by atoms with Gasteiger partial charge in [-0.3, -0.25) is 0 Å². The van der Waals surface area contributed by atoms with Crippen molar-refractivity contribution in [2.45, 2.75) is 0 Å². The van der Waals surface area contributed by atoms with Crippen LogP contribution >= 0.6 is 0 Å². The number of benzene rings is 8. The van der Waals surface area contributed by atoms with Crippen molar-refractivity contribution in [2.24, 2.45) is 0 Å². The van der Waals surface area contributed by atoms with Crippen molar-refractivity contribution in [3.63, 3.8) is 0 Å². The van der Waals surface area contributed by atoms with Crippen LogP contribution in [0.25, 0.3) is 106 Å². The number of para-hydroxylation sites is 4. The standard InChI is InChI=1S/C51H32N4O/c1-4-16-33(17-5-1)37-24-14-26-41-42-27-15-25-38(48(42)56-47(37)41)36-30-31-43(46(32-36)55-44-28-12-10-22-39(44)40-23-11-13-29-45(40)55)51-53-49(34-18-6-2-7-19-34)52-50(54-51)35-20-8-3-9-21-35/h1-32H/i1D,4D,5D,10D,11D,12D,13D,14D,15D,16D,17D,22D,23D,24D,25D,26D,27D,28D,29D. The van der Waals surface area contributed by atoms with E-state index in [0.29, 0.717) is 11.1 Å². The number of fused-ring (bicyclic) bond motifs is 6. The third kappa shape index (κ3) is 5.21. The van der Waals surface area contributed by atoms with Gasteiger partial charge < -0.3 is 8.98 Å². The van der Waals surface area contributed by atoms with Gasteiger partial charge in [0.05, 0.1) is 42.8 Å². The lowest BCUT2D eigenvalue weighted by Crippen LogP contribution is -2.04. The highest BCUT2D eigenvalue weighted by Gasteiger charge is 2.22. The highest BCUT2D eigenvalue weighted by atomic mass is 16.3. The molecule has 0 spiro atoms. The average molecular weight is 736 g/mol. The molecule has 3 heterocycles. The van der Waals surface area contributed by atoms with Crippen molar-refractivity contribution >= 4 is 43.7 Å². The minimum Gasteiger partial charge on any atom is -0.455 e. The van der Waals surface area contributed by atoms with Crippen LogP contribution in [-0.4, -0.2) is 19.5 Å². The number of furan rings is 1. The Morgan fingerprint density at radius 2 is 0.893 bits per heavy atom. The third-order valence-corrected chi connectivity index (χ3v) is 9.36. The summed E-state index contributed by atoms with van der Waals surface area (Å²) in [6.45, 7) is 0. The monoisotopic (exact) mass is 735 g/mol. The molecule has 0 fully saturated rings. The van der Waals surface area contributed by atoms with Crippen molar-refractivity contribution < 1.29 is 30.5 Å². The lowest BCUT2D eigenvalue weighted by atomic mass is 9.98. The van der Waals surface area contributed by atoms with Crippen molar-refractivity contribution in [1.82, 2.24) is 19.5 Å². The van der Waals surface area contributed by atoms with Crippen LogP contribution in [0.5, 0.6) is 0 Å². The Balaban J connectivity index is 1.33. The zero-order valence-electron chi connectivity index (χ0n) is 47.7. The van der Waals surface area contributed by atoms with E-state index in [2.05, 4.69) is 0 Å². The van der Waals surface area contributed by atoms with Gasteiger partial charge in [0.1, 0.15) is 11.2 Å². The second kappa shape index (κ2) is 13.0. The summed E-state index contributed by atoms with van der Waals surface area (Å²) in [4.78, 5) is 14.6. The molecular formula is C51H32N4O. The van der Waals surface area contributed by atoms with E-state index in [1.165, 1.54) is 22.8 Å². The van der Waals surface area contributed by atoms with Gasteiger partial charge in [-0.1, -0.05) is 169 Å². The summed E-state index contributed by atoms with van der Waals surface area (Å²) >= 11 is 0. The van der Waals surface area contributed by atoms with Gasteiger partial charge in [0.2, 0.25) is 0 Å². The molecule has 5 heteroatoms. The quantitative estimate of drug-likeness (QED) is 0.171. The molecule has 262 valence electrons. The second-order valence-electron chi connectivity index (χ2n) is 12.6. The Kier molecular flexibility index (Phi) is 4.22. The van der Waals surface area contributed by atoms with Gasteiger partial charge in [-0.2, -0.15) is 0 Å². The predicted molar refractivity (Wildman–Crippen MR) is 229 cm³/mol. The molecule has 0 amide bonds. The largest absolute Gasteiger partial charge is 0.455 e. The minimum absolute atomic E-state index is 0.0123. The van der Waals surface area contributed by atoms with Crippen LogP contribution in [0.15, 0.2) is 198 Å². The van der Waals surface area contributed by atoms with Crippen molar-refractivity contribution in [2.75, 3.05) is 0 Å². The van der Waals surface area contributed by atoms with Crippen LogP contribution in [0, 0.1) is 0 Å². The fourth-order valence-electron chi connectivity index (χ4n) is 6.85. The van der Waals surface area contributed by atoms with Gasteiger partial charge in [0.15, 0.2) is 17.5 Å². The van der Waals surface area contributed by atoms with Crippen LogP contribution in [0.1, 0.15) is 26.0 Å². The second-order valence-corrected chi connectivity index (χ2v) is 12.6. The lowest BCUT2D eigenvalue weighted by molar-refractivity contribution is 0.671. The number of rotatable bonds is 6. The zero-order chi connectivity index (χ0) is 53.5. The summed E-state index contributed by atoms with van der Waals surface area (Å²) in [5.41, 5.74) is -1.48. The normalized spacial score (nSPS) is 16.3. The van der Waals surface area contributed by atoms with E-state index in [4.69, 9.17) is 39.9 Å². The topological polar surface area (TPSA) is 56.7 Å². The highest BCUT2D eigenvalue weighted by Crippen LogP contribution is 2.42. The fraction of sp³-hybridized carbons (Fsp3) is 0. The van der Waals surface area contributed by atoms with E-state index in [1.54, 1.807) is 60.7 Å². The molecule has 0 aliphatic carbocycles. The van der Waals surface area contributed by atoms with E-state index >= 15 is 0 Å². The highest BCUT2D eigenvalue weighted by molar-refractivity contribution is 6.13. The van der Waals surface area contributed by atoms with Gasteiger partial charge in [-0.05, 0) is 35.3 Å². The Morgan fingerprint density at radius 3 is 1.48 bits per heavy atom. The number of hydrogen-bond acceptors (Lipinski definition) is 4. The molecule has 0 unspecified atom stereocenters. The first kappa shape index (κ1) is 18.1. The molecule has 8 aromatic carbocycles. The first-order chi connectivity index (χ1) is 35.7. The van der Waals surface area contributed by atoms with E-state index in [0.717, 1.165) is 0 Å². The van der Waals surface area contributed by atoms with Gasteiger partial charge in [0.25, 0.3) is 0 Å². The molecular weight excluding hydrogens is 685 g/mol. The van der Waals surface area contributed by atoms with E-state index in [1.807, 2.05) is 0 Å². The summed E-state index contributed by atoms with van der Waals surface area (Å²) < 4.78 is 177. The van der Waals surface area contributed by atoms with Crippen LogP contribution in [-0.2, 0) is 0 Å². The van der Waals surface area contributed by atoms with Crippen molar-refractivity contribution in [3.05, 3.63) is 194 Å². The SMILES string of the molecule is [2H]c1c([2H])c([2H])c(-c2c([2H])c([2H])c([2H])c3c2oc2c(-c4ccc(-c5nc(-c6ccccc6)nc(-c6ccccc6)n5)c(-n5c6c([2H])c([2H])c([2H])c([2H])c6c6c([2H])c([2H])c([2H])c([2H])c65)c4)c([2H])c([2H])c([2H])c23)c([2H])c1[2H]. The predicted octanol–water partition coefficient (Wildman–Crippen LogP) is 13.2. The van der Waals surface area contributed by atoms with Crippen molar-refractivity contribution in [1.29, 1.82) is 0 Å².